The van der Waals surface area contributed by atoms with Crippen LogP contribution in [0.1, 0.15) is 38.0 Å². The zero-order valence-electron chi connectivity index (χ0n) is 10.4. The van der Waals surface area contributed by atoms with Crippen molar-refractivity contribution in [3.05, 3.63) is 71.3 Å². The van der Waals surface area contributed by atoms with E-state index in [1.807, 2.05) is 0 Å². The van der Waals surface area contributed by atoms with Gasteiger partial charge in [0.1, 0.15) is 0 Å². The monoisotopic (exact) mass is 252 g/mol. The standard InChI is InChI=1S/C16H12O3/c1-11(17)12-7-9-14(10-8-12)16(19)15(18)13-5-3-2-4-6-13/h2-10H,1H3. The van der Waals surface area contributed by atoms with E-state index in [4.69, 9.17) is 0 Å². The van der Waals surface area contributed by atoms with Crippen molar-refractivity contribution in [2.75, 3.05) is 0 Å². The summed E-state index contributed by atoms with van der Waals surface area (Å²) in [5.74, 6) is -1.19. The van der Waals surface area contributed by atoms with Gasteiger partial charge in [0.2, 0.25) is 11.6 Å². The molecular weight excluding hydrogens is 240 g/mol. The molecule has 0 heterocycles. The number of hydrogen-bond donors (Lipinski definition) is 0. The highest BCUT2D eigenvalue weighted by Crippen LogP contribution is 2.10. The normalized spacial score (nSPS) is 9.95. The first kappa shape index (κ1) is 12.9. The first-order valence-electron chi connectivity index (χ1n) is 5.84. The van der Waals surface area contributed by atoms with Crippen molar-refractivity contribution in [1.82, 2.24) is 0 Å². The summed E-state index contributed by atoms with van der Waals surface area (Å²) in [7, 11) is 0. The van der Waals surface area contributed by atoms with E-state index in [1.165, 1.54) is 19.1 Å². The summed E-state index contributed by atoms with van der Waals surface area (Å²) >= 11 is 0. The molecule has 0 aliphatic carbocycles. The Hall–Kier alpha value is -2.55. The predicted octanol–water partition coefficient (Wildman–Crippen LogP) is 2.95. The second-order valence-corrected chi connectivity index (χ2v) is 4.16. The van der Waals surface area contributed by atoms with Gasteiger partial charge < -0.3 is 0 Å². The molecule has 0 saturated carbocycles. The summed E-state index contributed by atoms with van der Waals surface area (Å²) in [6.07, 6.45) is 0. The van der Waals surface area contributed by atoms with Crippen LogP contribution < -0.4 is 0 Å². The molecule has 0 unspecified atom stereocenters. The van der Waals surface area contributed by atoms with Gasteiger partial charge in [-0.25, -0.2) is 0 Å². The Morgan fingerprint density at radius 3 is 1.53 bits per heavy atom. The summed E-state index contributed by atoms with van der Waals surface area (Å²) in [6, 6.07) is 14.5. The van der Waals surface area contributed by atoms with E-state index in [0.717, 1.165) is 0 Å². The van der Waals surface area contributed by atoms with E-state index in [1.54, 1.807) is 42.5 Å². The summed E-state index contributed by atoms with van der Waals surface area (Å²) < 4.78 is 0. The van der Waals surface area contributed by atoms with Gasteiger partial charge in [0, 0.05) is 16.7 Å². The van der Waals surface area contributed by atoms with Crippen LogP contribution in [0.3, 0.4) is 0 Å². The number of hydrogen-bond acceptors (Lipinski definition) is 3. The van der Waals surface area contributed by atoms with Gasteiger partial charge in [0.15, 0.2) is 5.78 Å². The molecule has 0 aliphatic heterocycles. The fourth-order valence-corrected chi connectivity index (χ4v) is 1.71. The van der Waals surface area contributed by atoms with Gasteiger partial charge in [-0.15, -0.1) is 0 Å². The zero-order valence-corrected chi connectivity index (χ0v) is 10.4. The molecule has 3 heteroatoms. The average Bonchev–Trinajstić information content (AvgIpc) is 2.46. The van der Waals surface area contributed by atoms with E-state index in [9.17, 15) is 14.4 Å². The highest BCUT2D eigenvalue weighted by molar-refractivity contribution is 6.49. The third kappa shape index (κ3) is 2.83. The average molecular weight is 252 g/mol. The molecule has 19 heavy (non-hydrogen) atoms. The third-order valence-corrected chi connectivity index (χ3v) is 2.80. The first-order chi connectivity index (χ1) is 9.09. The quantitative estimate of drug-likeness (QED) is 0.621. The molecule has 0 amide bonds. The van der Waals surface area contributed by atoms with Crippen LogP contribution in [0.25, 0.3) is 0 Å². The number of Topliss-reactive ketones (excluding diaryl/α,β-unsaturated/α-hetero) is 3. The Bertz CT molecular complexity index is 625. The zero-order chi connectivity index (χ0) is 13.8. The van der Waals surface area contributed by atoms with Crippen molar-refractivity contribution in [2.24, 2.45) is 0 Å². The van der Waals surface area contributed by atoms with E-state index in [2.05, 4.69) is 0 Å². The van der Waals surface area contributed by atoms with Crippen molar-refractivity contribution in [3.8, 4) is 0 Å². The van der Waals surface area contributed by atoms with Crippen molar-refractivity contribution in [3.63, 3.8) is 0 Å². The molecule has 0 atom stereocenters. The summed E-state index contributed by atoms with van der Waals surface area (Å²) in [4.78, 5) is 35.1. The fraction of sp³-hybridized carbons (Fsp3) is 0.0625. The molecule has 0 spiro atoms. The van der Waals surface area contributed by atoms with Gasteiger partial charge in [0.05, 0.1) is 0 Å². The first-order valence-corrected chi connectivity index (χ1v) is 5.84. The van der Waals surface area contributed by atoms with Crippen LogP contribution in [0.2, 0.25) is 0 Å². The molecule has 2 aromatic rings. The number of benzene rings is 2. The summed E-state index contributed by atoms with van der Waals surface area (Å²) in [5, 5.41) is 0. The minimum Gasteiger partial charge on any atom is -0.295 e. The molecule has 3 nitrogen and oxygen atoms in total. The van der Waals surface area contributed by atoms with E-state index >= 15 is 0 Å². The maximum Gasteiger partial charge on any atom is 0.233 e. The number of carbonyl (C=O) groups is 3. The lowest BCUT2D eigenvalue weighted by Crippen LogP contribution is -2.14. The van der Waals surface area contributed by atoms with Crippen LogP contribution in [-0.2, 0) is 0 Å². The molecular formula is C16H12O3. The van der Waals surface area contributed by atoms with Crippen LogP contribution in [-0.4, -0.2) is 17.3 Å². The van der Waals surface area contributed by atoms with Gasteiger partial charge in [0.25, 0.3) is 0 Å². The van der Waals surface area contributed by atoms with Gasteiger partial charge in [-0.1, -0.05) is 54.6 Å². The summed E-state index contributed by atoms with van der Waals surface area (Å²) in [6.45, 7) is 1.45. The molecule has 2 rings (SSSR count). The van der Waals surface area contributed by atoms with E-state index in [0.29, 0.717) is 16.7 Å². The number of rotatable bonds is 4. The van der Waals surface area contributed by atoms with Crippen LogP contribution in [0, 0.1) is 0 Å². The number of carbonyl (C=O) groups excluding carboxylic acids is 3. The van der Waals surface area contributed by atoms with Crippen LogP contribution in [0.15, 0.2) is 54.6 Å². The second kappa shape index (κ2) is 5.40. The van der Waals surface area contributed by atoms with Crippen molar-refractivity contribution in [1.29, 1.82) is 0 Å². The van der Waals surface area contributed by atoms with Crippen molar-refractivity contribution in [2.45, 2.75) is 6.92 Å². The van der Waals surface area contributed by atoms with Crippen LogP contribution in [0.5, 0.6) is 0 Å². The minimum atomic E-state index is -0.568. The van der Waals surface area contributed by atoms with Gasteiger partial charge in [-0.2, -0.15) is 0 Å². The van der Waals surface area contributed by atoms with Gasteiger partial charge >= 0.3 is 0 Å². The lowest BCUT2D eigenvalue weighted by atomic mass is 10.00. The third-order valence-electron chi connectivity index (χ3n) is 2.80. The molecule has 0 N–H and O–H groups in total. The van der Waals surface area contributed by atoms with E-state index < -0.39 is 11.6 Å². The Kier molecular flexibility index (Phi) is 3.66. The molecule has 0 aromatic heterocycles. The topological polar surface area (TPSA) is 51.2 Å². The molecule has 2 aromatic carbocycles. The largest absolute Gasteiger partial charge is 0.295 e. The highest BCUT2D eigenvalue weighted by atomic mass is 16.2. The lowest BCUT2D eigenvalue weighted by molar-refractivity contribution is 0.0817. The molecule has 0 aliphatic rings. The molecule has 94 valence electrons. The molecule has 0 fully saturated rings. The number of ketones is 3. The van der Waals surface area contributed by atoms with Gasteiger partial charge in [-0.3, -0.25) is 14.4 Å². The van der Waals surface area contributed by atoms with Crippen LogP contribution in [0.4, 0.5) is 0 Å². The van der Waals surface area contributed by atoms with Crippen molar-refractivity contribution >= 4 is 17.3 Å². The molecule has 0 radical (unpaired) electrons. The maximum absolute atomic E-state index is 12.0. The smallest absolute Gasteiger partial charge is 0.233 e. The fourth-order valence-electron chi connectivity index (χ4n) is 1.71. The second-order valence-electron chi connectivity index (χ2n) is 4.16. The Morgan fingerprint density at radius 1 is 0.632 bits per heavy atom. The predicted molar refractivity (Wildman–Crippen MR) is 71.5 cm³/mol. The molecule has 0 bridgehead atoms. The van der Waals surface area contributed by atoms with Crippen LogP contribution >= 0.6 is 0 Å². The highest BCUT2D eigenvalue weighted by Gasteiger charge is 2.17. The molecule has 0 saturated heterocycles. The Balaban J connectivity index is 2.25. The minimum absolute atomic E-state index is 0.0756. The Labute approximate surface area is 110 Å². The maximum atomic E-state index is 12.0. The van der Waals surface area contributed by atoms with E-state index in [-0.39, 0.29) is 5.78 Å². The van der Waals surface area contributed by atoms with Gasteiger partial charge in [-0.05, 0) is 6.92 Å². The Morgan fingerprint density at radius 2 is 1.05 bits per heavy atom. The summed E-state index contributed by atoms with van der Waals surface area (Å²) in [5.41, 5.74) is 1.17. The van der Waals surface area contributed by atoms with Crippen molar-refractivity contribution < 1.29 is 14.4 Å². The lowest BCUT2D eigenvalue weighted by Gasteiger charge is -2.01. The SMILES string of the molecule is CC(=O)c1ccc(C(=O)C(=O)c2ccccc2)cc1.